The van der Waals surface area contributed by atoms with Gasteiger partial charge < -0.3 is 20.4 Å². The second kappa shape index (κ2) is 9.15. The molecule has 2 heterocycles. The summed E-state index contributed by atoms with van der Waals surface area (Å²) in [5, 5.41) is 9.67. The number of imide groups is 1. The number of fused-ring (bicyclic) bond motifs is 1. The van der Waals surface area contributed by atoms with Gasteiger partial charge in [0.05, 0.1) is 6.54 Å². The van der Waals surface area contributed by atoms with Crippen LogP contribution in [0.2, 0.25) is 5.02 Å². The first-order chi connectivity index (χ1) is 15.8. The molecule has 1 saturated heterocycles. The van der Waals surface area contributed by atoms with E-state index in [-0.39, 0.29) is 25.0 Å². The summed E-state index contributed by atoms with van der Waals surface area (Å²) in [5.41, 5.74) is 1.64. The van der Waals surface area contributed by atoms with Crippen molar-refractivity contribution in [3.8, 4) is 11.1 Å². The van der Waals surface area contributed by atoms with Crippen molar-refractivity contribution in [1.29, 1.82) is 0 Å². The third-order valence-electron chi connectivity index (χ3n) is 5.48. The van der Waals surface area contributed by atoms with E-state index in [9.17, 15) is 14.4 Å². The second-order valence-electron chi connectivity index (χ2n) is 8.38. The van der Waals surface area contributed by atoms with Gasteiger partial charge in [0.1, 0.15) is 16.9 Å². The molecule has 0 saturated carbocycles. The fourth-order valence-electron chi connectivity index (χ4n) is 3.85. The van der Waals surface area contributed by atoms with Crippen LogP contribution < -0.4 is 16.0 Å². The fraction of sp³-hybridized carbons (Fsp3) is 0.292. The van der Waals surface area contributed by atoms with Crippen molar-refractivity contribution in [2.45, 2.75) is 32.4 Å². The monoisotopic (exact) mass is 468 g/mol. The van der Waals surface area contributed by atoms with Gasteiger partial charge in [0.15, 0.2) is 0 Å². The van der Waals surface area contributed by atoms with Crippen molar-refractivity contribution in [1.82, 2.24) is 20.9 Å². The number of urea groups is 2. The summed E-state index contributed by atoms with van der Waals surface area (Å²) in [6.07, 6.45) is 0.445. The zero-order valence-electron chi connectivity index (χ0n) is 18.4. The van der Waals surface area contributed by atoms with Gasteiger partial charge in [0.25, 0.3) is 5.91 Å². The Kier molecular flexibility index (Phi) is 6.29. The molecule has 2 aromatic carbocycles. The van der Waals surface area contributed by atoms with Crippen molar-refractivity contribution in [3.05, 3.63) is 59.3 Å². The minimum absolute atomic E-state index is 0.184. The topological polar surface area (TPSA) is 104 Å². The van der Waals surface area contributed by atoms with Gasteiger partial charge in [-0.05, 0) is 44.0 Å². The van der Waals surface area contributed by atoms with E-state index >= 15 is 0 Å². The molecule has 0 atom stereocenters. The Hall–Kier alpha value is -3.52. The van der Waals surface area contributed by atoms with E-state index < -0.39 is 11.6 Å². The third kappa shape index (κ3) is 4.80. The molecule has 3 N–H and O–H groups in total. The Bertz CT molecular complexity index is 1210. The number of hydrogen-bond donors (Lipinski definition) is 3. The Balaban J connectivity index is 1.36. The summed E-state index contributed by atoms with van der Waals surface area (Å²) in [4.78, 5) is 37.6. The van der Waals surface area contributed by atoms with Crippen LogP contribution in [-0.4, -0.2) is 41.5 Å². The van der Waals surface area contributed by atoms with Gasteiger partial charge in [-0.15, -0.1) is 0 Å². The van der Waals surface area contributed by atoms with Crippen LogP contribution in [0, 0.1) is 0 Å². The Morgan fingerprint density at radius 1 is 1.12 bits per heavy atom. The van der Waals surface area contributed by atoms with E-state index in [0.717, 1.165) is 16.5 Å². The maximum atomic E-state index is 12.3. The zero-order chi connectivity index (χ0) is 23.6. The lowest BCUT2D eigenvalue weighted by Gasteiger charge is -2.16. The van der Waals surface area contributed by atoms with E-state index in [1.54, 1.807) is 19.9 Å². The zero-order valence-corrected chi connectivity index (χ0v) is 19.2. The predicted octanol–water partition coefficient (Wildman–Crippen LogP) is 4.27. The smallest absolute Gasteiger partial charge is 0.325 e. The lowest BCUT2D eigenvalue weighted by molar-refractivity contribution is -0.130. The first-order valence-corrected chi connectivity index (χ1v) is 11.1. The van der Waals surface area contributed by atoms with Gasteiger partial charge in [-0.3, -0.25) is 9.69 Å². The van der Waals surface area contributed by atoms with Crippen molar-refractivity contribution in [2.75, 3.05) is 13.1 Å². The quantitative estimate of drug-likeness (QED) is 0.355. The largest absolute Gasteiger partial charge is 0.459 e. The number of rotatable bonds is 7. The van der Waals surface area contributed by atoms with E-state index in [0.29, 0.717) is 29.3 Å². The molecule has 1 aliphatic heterocycles. The number of amides is 5. The Morgan fingerprint density at radius 2 is 1.88 bits per heavy atom. The van der Waals surface area contributed by atoms with E-state index in [4.69, 9.17) is 16.0 Å². The van der Waals surface area contributed by atoms with Crippen LogP contribution in [0.3, 0.4) is 0 Å². The molecule has 9 heteroatoms. The molecule has 0 bridgehead atoms. The van der Waals surface area contributed by atoms with Gasteiger partial charge >= 0.3 is 12.1 Å². The minimum Gasteiger partial charge on any atom is -0.459 e. The molecule has 0 radical (unpaired) electrons. The molecule has 0 aliphatic carbocycles. The number of benzene rings is 2. The number of nitrogens with zero attached hydrogens (tertiary/aromatic N) is 1. The highest BCUT2D eigenvalue weighted by Crippen LogP contribution is 2.36. The van der Waals surface area contributed by atoms with Crippen LogP contribution in [0.1, 0.15) is 26.0 Å². The highest BCUT2D eigenvalue weighted by molar-refractivity contribution is 6.31. The molecule has 1 aliphatic rings. The van der Waals surface area contributed by atoms with Gasteiger partial charge in [-0.1, -0.05) is 41.9 Å². The van der Waals surface area contributed by atoms with Crippen LogP contribution in [-0.2, 0) is 11.3 Å². The molecule has 5 amide bonds. The van der Waals surface area contributed by atoms with E-state index in [1.807, 2.05) is 42.5 Å². The summed E-state index contributed by atoms with van der Waals surface area (Å²) in [6, 6.07) is 14.4. The van der Waals surface area contributed by atoms with Gasteiger partial charge in [-0.2, -0.15) is 0 Å². The standard InChI is InChI=1S/C24H25ClN4O4/c1-24(2)21(30)29(23(32)28-24)12-6-11-26-22(31)27-14-19-20(15-7-4-3-5-8-15)17-13-16(25)9-10-18(17)33-19/h3-5,7-10,13H,6,11-12,14H2,1-2H3,(H,28,32)(H2,26,27,31). The molecular formula is C24H25ClN4O4. The average Bonchev–Trinajstić information content (AvgIpc) is 3.23. The number of furan rings is 1. The van der Waals surface area contributed by atoms with Crippen LogP contribution in [0.5, 0.6) is 0 Å². The van der Waals surface area contributed by atoms with Crippen molar-refractivity contribution in [3.63, 3.8) is 0 Å². The number of halogens is 1. The van der Waals surface area contributed by atoms with Gasteiger partial charge in [0, 0.05) is 29.1 Å². The van der Waals surface area contributed by atoms with E-state index in [1.165, 1.54) is 4.90 Å². The molecule has 1 fully saturated rings. The van der Waals surface area contributed by atoms with E-state index in [2.05, 4.69) is 16.0 Å². The Morgan fingerprint density at radius 3 is 2.58 bits per heavy atom. The lowest BCUT2D eigenvalue weighted by atomic mass is 10.0. The van der Waals surface area contributed by atoms with Crippen molar-refractivity contribution in [2.24, 2.45) is 0 Å². The molecular weight excluding hydrogens is 444 g/mol. The van der Waals surface area contributed by atoms with Crippen molar-refractivity contribution >= 4 is 40.5 Å². The molecule has 4 rings (SSSR count). The summed E-state index contributed by atoms with van der Waals surface area (Å²) in [5.74, 6) is 0.352. The number of carbonyl (C=O) groups excluding carboxylic acids is 3. The molecule has 0 unspecified atom stereocenters. The van der Waals surface area contributed by atoms with Crippen LogP contribution in [0.25, 0.3) is 22.1 Å². The predicted molar refractivity (Wildman–Crippen MR) is 126 cm³/mol. The van der Waals surface area contributed by atoms with Crippen LogP contribution >= 0.6 is 11.6 Å². The van der Waals surface area contributed by atoms with Crippen LogP contribution in [0.15, 0.2) is 52.9 Å². The first kappa shape index (κ1) is 22.7. The average molecular weight is 469 g/mol. The fourth-order valence-corrected chi connectivity index (χ4v) is 4.02. The highest BCUT2D eigenvalue weighted by atomic mass is 35.5. The number of nitrogens with one attached hydrogen (secondary N) is 3. The maximum Gasteiger partial charge on any atom is 0.325 e. The number of carbonyl (C=O) groups is 3. The summed E-state index contributed by atoms with van der Waals surface area (Å²) in [7, 11) is 0. The van der Waals surface area contributed by atoms with Gasteiger partial charge in [-0.25, -0.2) is 9.59 Å². The molecule has 0 spiro atoms. The summed E-state index contributed by atoms with van der Waals surface area (Å²) < 4.78 is 6.01. The normalized spacial score (nSPS) is 15.1. The van der Waals surface area contributed by atoms with Crippen LogP contribution in [0.4, 0.5) is 9.59 Å². The first-order valence-electron chi connectivity index (χ1n) is 10.7. The van der Waals surface area contributed by atoms with Crippen molar-refractivity contribution < 1.29 is 18.8 Å². The highest BCUT2D eigenvalue weighted by Gasteiger charge is 2.43. The SMILES string of the molecule is CC1(C)NC(=O)N(CCCNC(=O)NCc2oc3ccc(Cl)cc3c2-c2ccccc2)C1=O. The molecule has 172 valence electrons. The number of hydrogen-bond acceptors (Lipinski definition) is 4. The van der Waals surface area contributed by atoms with Gasteiger partial charge in [0.2, 0.25) is 0 Å². The molecule has 3 aromatic rings. The second-order valence-corrected chi connectivity index (χ2v) is 8.82. The third-order valence-corrected chi connectivity index (χ3v) is 5.72. The lowest BCUT2D eigenvalue weighted by Crippen LogP contribution is -2.41. The Labute approximate surface area is 196 Å². The molecule has 1 aromatic heterocycles. The summed E-state index contributed by atoms with van der Waals surface area (Å²) >= 11 is 6.20. The molecule has 8 nitrogen and oxygen atoms in total. The minimum atomic E-state index is -0.894. The molecule has 33 heavy (non-hydrogen) atoms. The maximum absolute atomic E-state index is 12.3. The summed E-state index contributed by atoms with van der Waals surface area (Å²) in [6.45, 7) is 4.05.